The van der Waals surface area contributed by atoms with Crippen LogP contribution in [0, 0.1) is 0 Å². The van der Waals surface area contributed by atoms with Crippen molar-refractivity contribution in [2.75, 3.05) is 7.05 Å². The maximum atomic E-state index is 9.25. The average molecular weight is 249 g/mol. The largest absolute Gasteiger partial charge is 0.508 e. The monoisotopic (exact) mass is 249 g/mol. The fourth-order valence-corrected chi connectivity index (χ4v) is 2.30. The van der Waals surface area contributed by atoms with Crippen LogP contribution in [0.5, 0.6) is 5.75 Å². The van der Waals surface area contributed by atoms with Gasteiger partial charge in [0, 0.05) is 12.1 Å². The normalized spacial score (nSPS) is 14.7. The quantitative estimate of drug-likeness (QED) is 0.793. The van der Waals surface area contributed by atoms with Gasteiger partial charge in [0.05, 0.1) is 0 Å². The van der Waals surface area contributed by atoms with E-state index in [4.69, 9.17) is 0 Å². The summed E-state index contributed by atoms with van der Waals surface area (Å²) in [6.45, 7) is 6.85. The van der Waals surface area contributed by atoms with E-state index in [0.29, 0.717) is 17.8 Å². The highest BCUT2D eigenvalue weighted by atomic mass is 16.3. The molecule has 0 aliphatic rings. The lowest BCUT2D eigenvalue weighted by Crippen LogP contribution is -2.37. The predicted octanol–water partition coefficient (Wildman–Crippen LogP) is 3.83. The molecule has 0 aromatic heterocycles. The van der Waals surface area contributed by atoms with Gasteiger partial charge in [0.1, 0.15) is 5.75 Å². The molecule has 0 saturated carbocycles. The lowest BCUT2D eigenvalue weighted by Gasteiger charge is -2.30. The van der Waals surface area contributed by atoms with Crippen LogP contribution in [-0.4, -0.2) is 29.1 Å². The molecule has 0 radical (unpaired) electrons. The van der Waals surface area contributed by atoms with Crippen molar-refractivity contribution in [1.29, 1.82) is 0 Å². The Morgan fingerprint density at radius 2 is 1.61 bits per heavy atom. The van der Waals surface area contributed by atoms with E-state index in [1.807, 2.05) is 12.1 Å². The van der Waals surface area contributed by atoms with Gasteiger partial charge in [0.15, 0.2) is 0 Å². The summed E-state index contributed by atoms with van der Waals surface area (Å²) < 4.78 is 0. The van der Waals surface area contributed by atoms with Crippen LogP contribution in [0.2, 0.25) is 0 Å². The third-order valence-corrected chi connectivity index (χ3v) is 3.88. The van der Waals surface area contributed by atoms with Crippen molar-refractivity contribution >= 4 is 0 Å². The van der Waals surface area contributed by atoms with Crippen LogP contribution in [0.25, 0.3) is 0 Å². The SMILES string of the molecule is CCCC(C)N(C)C(C)CCc1ccc(O)cc1. The molecule has 2 nitrogen and oxygen atoms in total. The van der Waals surface area contributed by atoms with Crippen LogP contribution < -0.4 is 0 Å². The first kappa shape index (κ1) is 15.0. The van der Waals surface area contributed by atoms with Gasteiger partial charge in [-0.05, 0) is 57.9 Å². The third-order valence-electron chi connectivity index (χ3n) is 3.88. The first-order valence-electron chi connectivity index (χ1n) is 7.04. The molecule has 18 heavy (non-hydrogen) atoms. The average Bonchev–Trinajstić information content (AvgIpc) is 2.37. The molecule has 2 atom stereocenters. The van der Waals surface area contributed by atoms with Crippen molar-refractivity contribution in [2.24, 2.45) is 0 Å². The predicted molar refractivity (Wildman–Crippen MR) is 78.0 cm³/mol. The Hall–Kier alpha value is -1.02. The second-order valence-electron chi connectivity index (χ2n) is 5.36. The van der Waals surface area contributed by atoms with Gasteiger partial charge in [-0.1, -0.05) is 25.5 Å². The Morgan fingerprint density at radius 3 is 2.17 bits per heavy atom. The minimum absolute atomic E-state index is 0.348. The number of aryl methyl sites for hydroxylation is 1. The number of phenols is 1. The van der Waals surface area contributed by atoms with Gasteiger partial charge in [-0.2, -0.15) is 0 Å². The Morgan fingerprint density at radius 1 is 1.06 bits per heavy atom. The number of aromatic hydroxyl groups is 1. The summed E-state index contributed by atoms with van der Waals surface area (Å²) in [6, 6.07) is 8.81. The van der Waals surface area contributed by atoms with Crippen molar-refractivity contribution in [1.82, 2.24) is 4.90 Å². The fraction of sp³-hybridized carbons (Fsp3) is 0.625. The molecule has 0 heterocycles. The molecule has 2 heteroatoms. The highest BCUT2D eigenvalue weighted by Crippen LogP contribution is 2.15. The van der Waals surface area contributed by atoms with Gasteiger partial charge < -0.3 is 10.0 Å². The first-order valence-corrected chi connectivity index (χ1v) is 7.04. The second kappa shape index (κ2) is 7.42. The molecule has 0 bridgehead atoms. The van der Waals surface area contributed by atoms with Crippen molar-refractivity contribution in [2.45, 2.75) is 58.5 Å². The van der Waals surface area contributed by atoms with Gasteiger partial charge in [0.25, 0.3) is 0 Å². The van der Waals surface area contributed by atoms with Gasteiger partial charge in [0.2, 0.25) is 0 Å². The Balaban J connectivity index is 2.40. The van der Waals surface area contributed by atoms with Crippen LogP contribution >= 0.6 is 0 Å². The Labute approximate surface area is 112 Å². The number of phenolic OH excluding ortho intramolecular Hbond substituents is 1. The topological polar surface area (TPSA) is 23.5 Å². The van der Waals surface area contributed by atoms with Crippen molar-refractivity contribution in [3.05, 3.63) is 29.8 Å². The third kappa shape index (κ3) is 4.69. The van der Waals surface area contributed by atoms with Crippen LogP contribution in [0.3, 0.4) is 0 Å². The maximum Gasteiger partial charge on any atom is 0.115 e. The van der Waals surface area contributed by atoms with E-state index in [-0.39, 0.29) is 0 Å². The van der Waals surface area contributed by atoms with E-state index in [1.54, 1.807) is 12.1 Å². The van der Waals surface area contributed by atoms with Crippen molar-refractivity contribution in [3.8, 4) is 5.75 Å². The zero-order valence-corrected chi connectivity index (χ0v) is 12.2. The molecule has 0 amide bonds. The highest BCUT2D eigenvalue weighted by Gasteiger charge is 2.14. The molecule has 0 aliphatic carbocycles. The molecule has 0 aliphatic heterocycles. The molecule has 1 N–H and O–H groups in total. The zero-order valence-electron chi connectivity index (χ0n) is 12.2. The number of hydrogen-bond acceptors (Lipinski definition) is 2. The summed E-state index contributed by atoms with van der Waals surface area (Å²) in [6.07, 6.45) is 4.75. The smallest absolute Gasteiger partial charge is 0.115 e. The van der Waals surface area contributed by atoms with E-state index in [9.17, 15) is 5.11 Å². The fourth-order valence-electron chi connectivity index (χ4n) is 2.30. The van der Waals surface area contributed by atoms with Gasteiger partial charge in [-0.25, -0.2) is 0 Å². The minimum atomic E-state index is 0.348. The molecular weight excluding hydrogens is 222 g/mol. The number of benzene rings is 1. The summed E-state index contributed by atoms with van der Waals surface area (Å²) in [5.41, 5.74) is 1.30. The molecule has 102 valence electrons. The van der Waals surface area contributed by atoms with Crippen molar-refractivity contribution < 1.29 is 5.11 Å². The molecule has 1 aromatic carbocycles. The lowest BCUT2D eigenvalue weighted by atomic mass is 10.0. The van der Waals surface area contributed by atoms with Gasteiger partial charge in [-0.15, -0.1) is 0 Å². The summed E-state index contributed by atoms with van der Waals surface area (Å²) in [5, 5.41) is 9.25. The van der Waals surface area contributed by atoms with E-state index in [1.165, 1.54) is 18.4 Å². The summed E-state index contributed by atoms with van der Waals surface area (Å²) in [4.78, 5) is 2.48. The summed E-state index contributed by atoms with van der Waals surface area (Å²) in [5.74, 6) is 0.348. The first-order chi connectivity index (χ1) is 8.54. The summed E-state index contributed by atoms with van der Waals surface area (Å²) in [7, 11) is 2.22. The second-order valence-corrected chi connectivity index (χ2v) is 5.36. The molecule has 1 rings (SSSR count). The van der Waals surface area contributed by atoms with E-state index in [0.717, 1.165) is 12.8 Å². The van der Waals surface area contributed by atoms with Crippen LogP contribution in [0.4, 0.5) is 0 Å². The van der Waals surface area contributed by atoms with E-state index in [2.05, 4.69) is 32.7 Å². The zero-order chi connectivity index (χ0) is 13.5. The number of rotatable bonds is 7. The molecule has 0 saturated heterocycles. The number of hydrogen-bond donors (Lipinski definition) is 1. The van der Waals surface area contributed by atoms with E-state index < -0.39 is 0 Å². The standard InChI is InChI=1S/C16H27NO/c1-5-6-13(2)17(4)14(3)7-8-15-9-11-16(18)12-10-15/h9-14,18H,5-8H2,1-4H3. The number of nitrogens with zero attached hydrogens (tertiary/aromatic N) is 1. The van der Waals surface area contributed by atoms with Gasteiger partial charge in [-0.3, -0.25) is 0 Å². The Kier molecular flexibility index (Phi) is 6.20. The molecule has 2 unspecified atom stereocenters. The van der Waals surface area contributed by atoms with E-state index >= 15 is 0 Å². The van der Waals surface area contributed by atoms with Crippen LogP contribution in [-0.2, 0) is 6.42 Å². The highest BCUT2D eigenvalue weighted by molar-refractivity contribution is 5.25. The van der Waals surface area contributed by atoms with Crippen LogP contribution in [0.15, 0.2) is 24.3 Å². The van der Waals surface area contributed by atoms with Crippen molar-refractivity contribution in [3.63, 3.8) is 0 Å². The lowest BCUT2D eigenvalue weighted by molar-refractivity contribution is 0.178. The molecule has 1 aromatic rings. The van der Waals surface area contributed by atoms with Gasteiger partial charge >= 0.3 is 0 Å². The minimum Gasteiger partial charge on any atom is -0.508 e. The maximum absolute atomic E-state index is 9.25. The van der Waals surface area contributed by atoms with Crippen LogP contribution in [0.1, 0.15) is 45.6 Å². The Bertz CT molecular complexity index is 333. The molecule has 0 fully saturated rings. The summed E-state index contributed by atoms with van der Waals surface area (Å²) >= 11 is 0. The molecule has 0 spiro atoms. The molecular formula is C16H27NO.